The minimum atomic E-state index is 0.268. The predicted molar refractivity (Wildman–Crippen MR) is 60.6 cm³/mol. The molecule has 2 rings (SSSR count). The number of likely N-dealkylation sites (tertiary alicyclic amines) is 1. The average molecular weight is 208 g/mol. The van der Waals surface area contributed by atoms with Crippen molar-refractivity contribution in [3.63, 3.8) is 0 Å². The first-order chi connectivity index (χ1) is 7.38. The summed E-state index contributed by atoms with van der Waals surface area (Å²) in [5.41, 5.74) is 0.975. The first-order valence-electron chi connectivity index (χ1n) is 6.07. The molecule has 2 aliphatic rings. The Balaban J connectivity index is 1.95. The third-order valence-corrected chi connectivity index (χ3v) is 3.20. The fourth-order valence-electron chi connectivity index (χ4n) is 2.28. The van der Waals surface area contributed by atoms with E-state index in [1.807, 2.05) is 4.90 Å². The van der Waals surface area contributed by atoms with E-state index in [2.05, 4.69) is 11.4 Å². The number of hydrogen-bond acceptors (Lipinski definition) is 2. The lowest BCUT2D eigenvalue weighted by atomic mass is 10.1. The van der Waals surface area contributed by atoms with Gasteiger partial charge >= 0.3 is 0 Å². The topological polar surface area (TPSA) is 32.3 Å². The Kier molecular flexibility index (Phi) is 3.78. The van der Waals surface area contributed by atoms with Gasteiger partial charge in [-0.05, 0) is 25.8 Å². The van der Waals surface area contributed by atoms with Crippen molar-refractivity contribution in [2.24, 2.45) is 0 Å². The Morgan fingerprint density at radius 3 is 2.53 bits per heavy atom. The molecule has 0 radical (unpaired) electrons. The number of hydrogen-bond donors (Lipinski definition) is 1. The standard InChI is InChI=1S/C12H20N2O/c15-12(11-6-5-7-13-10-11)14-8-3-1-2-4-9-14/h6,13H,1-5,7-10H2. The summed E-state index contributed by atoms with van der Waals surface area (Å²) in [7, 11) is 0. The van der Waals surface area contributed by atoms with Crippen molar-refractivity contribution in [3.05, 3.63) is 11.6 Å². The van der Waals surface area contributed by atoms with Gasteiger partial charge in [-0.25, -0.2) is 0 Å². The Hall–Kier alpha value is -0.830. The summed E-state index contributed by atoms with van der Waals surface area (Å²) in [4.78, 5) is 14.2. The molecular weight excluding hydrogens is 188 g/mol. The molecular formula is C12H20N2O. The highest BCUT2D eigenvalue weighted by Gasteiger charge is 2.19. The molecule has 0 spiro atoms. The van der Waals surface area contributed by atoms with Gasteiger partial charge in [0.25, 0.3) is 5.91 Å². The molecule has 0 aromatic heterocycles. The Bertz CT molecular complexity index is 252. The number of rotatable bonds is 1. The van der Waals surface area contributed by atoms with Crippen LogP contribution in [0.15, 0.2) is 11.6 Å². The van der Waals surface area contributed by atoms with E-state index in [1.165, 1.54) is 25.7 Å². The van der Waals surface area contributed by atoms with E-state index in [1.54, 1.807) is 0 Å². The summed E-state index contributed by atoms with van der Waals surface area (Å²) >= 11 is 0. The first kappa shape index (κ1) is 10.7. The van der Waals surface area contributed by atoms with Gasteiger partial charge in [0.15, 0.2) is 0 Å². The van der Waals surface area contributed by atoms with E-state index in [-0.39, 0.29) is 5.91 Å². The fourth-order valence-corrected chi connectivity index (χ4v) is 2.28. The molecule has 0 saturated carbocycles. The second-order valence-electron chi connectivity index (χ2n) is 4.40. The summed E-state index contributed by atoms with van der Waals surface area (Å²) < 4.78 is 0. The third-order valence-electron chi connectivity index (χ3n) is 3.20. The second-order valence-corrected chi connectivity index (χ2v) is 4.40. The van der Waals surface area contributed by atoms with Gasteiger partial charge in [0, 0.05) is 25.2 Å². The van der Waals surface area contributed by atoms with Gasteiger partial charge in [0.1, 0.15) is 0 Å². The van der Waals surface area contributed by atoms with Gasteiger partial charge < -0.3 is 10.2 Å². The van der Waals surface area contributed by atoms with Gasteiger partial charge in [-0.3, -0.25) is 4.79 Å². The van der Waals surface area contributed by atoms with Crippen molar-refractivity contribution in [3.8, 4) is 0 Å². The SMILES string of the molecule is O=C(C1=CCCNC1)N1CCCCCC1. The summed E-state index contributed by atoms with van der Waals surface area (Å²) in [5, 5.41) is 3.25. The minimum Gasteiger partial charge on any atom is -0.339 e. The smallest absolute Gasteiger partial charge is 0.250 e. The zero-order valence-corrected chi connectivity index (χ0v) is 9.30. The predicted octanol–water partition coefficient (Wildman–Crippen LogP) is 1.31. The quantitative estimate of drug-likeness (QED) is 0.704. The van der Waals surface area contributed by atoms with Crippen LogP contribution in [0, 0.1) is 0 Å². The van der Waals surface area contributed by atoms with Gasteiger partial charge in [0.05, 0.1) is 0 Å². The maximum atomic E-state index is 12.1. The Morgan fingerprint density at radius 1 is 1.20 bits per heavy atom. The molecule has 0 atom stereocenters. The zero-order chi connectivity index (χ0) is 10.5. The van der Waals surface area contributed by atoms with Crippen LogP contribution < -0.4 is 5.32 Å². The van der Waals surface area contributed by atoms with E-state index in [0.29, 0.717) is 0 Å². The summed E-state index contributed by atoms with van der Waals surface area (Å²) in [6.45, 7) is 3.68. The van der Waals surface area contributed by atoms with Crippen molar-refractivity contribution < 1.29 is 4.79 Å². The van der Waals surface area contributed by atoms with Crippen LogP contribution in [0.5, 0.6) is 0 Å². The number of amides is 1. The van der Waals surface area contributed by atoms with Crippen molar-refractivity contribution in [1.82, 2.24) is 10.2 Å². The molecule has 0 unspecified atom stereocenters. The maximum absolute atomic E-state index is 12.1. The summed E-state index contributed by atoms with van der Waals surface area (Å²) in [6.07, 6.45) is 8.00. The van der Waals surface area contributed by atoms with Crippen LogP contribution in [0.3, 0.4) is 0 Å². The molecule has 2 aliphatic heterocycles. The molecule has 3 nitrogen and oxygen atoms in total. The normalized spacial score (nSPS) is 23.2. The molecule has 1 saturated heterocycles. The van der Waals surface area contributed by atoms with Gasteiger partial charge in [-0.2, -0.15) is 0 Å². The highest BCUT2D eigenvalue weighted by Crippen LogP contribution is 2.13. The van der Waals surface area contributed by atoms with Crippen molar-refractivity contribution in [2.45, 2.75) is 32.1 Å². The number of carbonyl (C=O) groups is 1. The molecule has 15 heavy (non-hydrogen) atoms. The van der Waals surface area contributed by atoms with Crippen LogP contribution in [0.4, 0.5) is 0 Å². The Labute approximate surface area is 91.5 Å². The Morgan fingerprint density at radius 2 is 1.93 bits per heavy atom. The number of carbonyl (C=O) groups excluding carboxylic acids is 1. The second kappa shape index (κ2) is 5.31. The summed E-state index contributed by atoms with van der Waals surface area (Å²) in [6, 6.07) is 0. The van der Waals surface area contributed by atoms with E-state index in [4.69, 9.17) is 0 Å². The summed E-state index contributed by atoms with van der Waals surface area (Å²) in [5.74, 6) is 0.268. The lowest BCUT2D eigenvalue weighted by Gasteiger charge is -2.23. The van der Waals surface area contributed by atoms with Gasteiger partial charge in [-0.15, -0.1) is 0 Å². The van der Waals surface area contributed by atoms with E-state index in [0.717, 1.165) is 38.2 Å². The minimum absolute atomic E-state index is 0.268. The maximum Gasteiger partial charge on any atom is 0.250 e. The van der Waals surface area contributed by atoms with E-state index in [9.17, 15) is 4.79 Å². The number of nitrogens with one attached hydrogen (secondary N) is 1. The molecule has 0 aromatic rings. The molecule has 1 amide bonds. The van der Waals surface area contributed by atoms with Crippen LogP contribution in [-0.2, 0) is 4.79 Å². The lowest BCUT2D eigenvalue weighted by molar-refractivity contribution is -0.127. The van der Waals surface area contributed by atoms with E-state index < -0.39 is 0 Å². The molecule has 3 heteroatoms. The lowest BCUT2D eigenvalue weighted by Crippen LogP contribution is -2.37. The molecule has 0 aromatic carbocycles. The average Bonchev–Trinajstić information content (AvgIpc) is 2.58. The molecule has 1 fully saturated rings. The first-order valence-corrected chi connectivity index (χ1v) is 6.07. The zero-order valence-electron chi connectivity index (χ0n) is 9.30. The van der Waals surface area contributed by atoms with Crippen LogP contribution in [0.1, 0.15) is 32.1 Å². The molecule has 1 N–H and O–H groups in total. The van der Waals surface area contributed by atoms with Gasteiger partial charge in [0.2, 0.25) is 0 Å². The molecule has 84 valence electrons. The molecule has 0 aliphatic carbocycles. The highest BCUT2D eigenvalue weighted by atomic mass is 16.2. The number of nitrogens with zero attached hydrogens (tertiary/aromatic N) is 1. The van der Waals surface area contributed by atoms with Crippen LogP contribution in [0.2, 0.25) is 0 Å². The largest absolute Gasteiger partial charge is 0.339 e. The van der Waals surface area contributed by atoms with Crippen LogP contribution in [0.25, 0.3) is 0 Å². The fraction of sp³-hybridized carbons (Fsp3) is 0.750. The highest BCUT2D eigenvalue weighted by molar-refractivity contribution is 5.94. The van der Waals surface area contributed by atoms with Crippen molar-refractivity contribution >= 4 is 5.91 Å². The molecule has 0 bridgehead atoms. The van der Waals surface area contributed by atoms with Crippen LogP contribution in [-0.4, -0.2) is 37.0 Å². The van der Waals surface area contributed by atoms with Gasteiger partial charge in [-0.1, -0.05) is 18.9 Å². The monoisotopic (exact) mass is 208 g/mol. The van der Waals surface area contributed by atoms with Crippen molar-refractivity contribution in [2.75, 3.05) is 26.2 Å². The van der Waals surface area contributed by atoms with Crippen molar-refractivity contribution in [1.29, 1.82) is 0 Å². The van der Waals surface area contributed by atoms with Crippen LogP contribution >= 0.6 is 0 Å². The van der Waals surface area contributed by atoms with E-state index >= 15 is 0 Å². The molecule has 2 heterocycles. The third kappa shape index (κ3) is 2.81.